The van der Waals surface area contributed by atoms with E-state index in [-0.39, 0.29) is 11.4 Å². The van der Waals surface area contributed by atoms with Crippen LogP contribution < -0.4 is 15.4 Å². The van der Waals surface area contributed by atoms with E-state index < -0.39 is 15.9 Å². The van der Waals surface area contributed by atoms with Crippen LogP contribution in [0.2, 0.25) is 0 Å². The van der Waals surface area contributed by atoms with E-state index in [1.807, 2.05) is 22.8 Å². The van der Waals surface area contributed by atoms with E-state index in [2.05, 4.69) is 39.5 Å². The molecule has 2 heterocycles. The summed E-state index contributed by atoms with van der Waals surface area (Å²) in [6, 6.07) is 15.3. The summed E-state index contributed by atoms with van der Waals surface area (Å²) in [4.78, 5) is 2.45. The summed E-state index contributed by atoms with van der Waals surface area (Å²) < 4.78 is 36.0. The largest absolute Gasteiger partial charge is 0.495 e. The van der Waals surface area contributed by atoms with E-state index in [1.165, 1.54) is 19.2 Å². The first kappa shape index (κ1) is 30.2. The molecule has 1 saturated heterocycles. The van der Waals surface area contributed by atoms with Crippen LogP contribution in [0.3, 0.4) is 0 Å². The number of likely N-dealkylation sites (tertiary alicyclic amines) is 1. The maximum Gasteiger partial charge on any atom is 0.175 e. The molecule has 0 saturated carbocycles. The van der Waals surface area contributed by atoms with Crippen LogP contribution in [0.4, 0.5) is 11.4 Å². The predicted octanol–water partition coefficient (Wildman–Crippen LogP) is 2.92. The van der Waals surface area contributed by atoms with Crippen LogP contribution in [-0.2, 0) is 21.1 Å². The van der Waals surface area contributed by atoms with Crippen molar-refractivity contribution in [2.45, 2.75) is 36.4 Å². The van der Waals surface area contributed by atoms with Crippen molar-refractivity contribution in [2.75, 3.05) is 63.9 Å². The van der Waals surface area contributed by atoms with Crippen LogP contribution in [0.5, 0.6) is 5.75 Å². The lowest BCUT2D eigenvalue weighted by Gasteiger charge is -2.34. The molecule has 2 aromatic carbocycles. The van der Waals surface area contributed by atoms with E-state index in [1.54, 1.807) is 13.2 Å². The molecule has 1 aliphatic heterocycles. The van der Waals surface area contributed by atoms with E-state index in [0.29, 0.717) is 37.2 Å². The van der Waals surface area contributed by atoms with Gasteiger partial charge in [-0.1, -0.05) is 12.0 Å². The molecule has 0 bridgehead atoms. The number of methoxy groups -OCH3 is 2. The minimum absolute atomic E-state index is 0.174. The Bertz CT molecular complexity index is 1560. The monoisotopic (exact) mass is 579 g/mol. The molecular formula is C30H37N5O5S. The number of sulfone groups is 1. The molecule has 10 nitrogen and oxygen atoms in total. The van der Waals surface area contributed by atoms with Gasteiger partial charge in [0.05, 0.1) is 54.2 Å². The van der Waals surface area contributed by atoms with E-state index in [9.17, 15) is 18.8 Å². The SMILES string of the molecule is COCC(O)CN1CCC(Nc2cccc3c2cc(C#CCNc2ccc(S(C)(=O)=O)cc2OC)n3CC#N)CC1. The molecule has 4 rings (SSSR count). The minimum Gasteiger partial charge on any atom is -0.495 e. The molecular weight excluding hydrogens is 542 g/mol. The van der Waals surface area contributed by atoms with Gasteiger partial charge in [0.15, 0.2) is 9.84 Å². The number of fused-ring (bicyclic) bond motifs is 1. The van der Waals surface area contributed by atoms with Gasteiger partial charge in [0.2, 0.25) is 0 Å². The van der Waals surface area contributed by atoms with Crippen molar-refractivity contribution in [1.82, 2.24) is 9.47 Å². The molecule has 41 heavy (non-hydrogen) atoms. The first-order valence-electron chi connectivity index (χ1n) is 13.5. The second kappa shape index (κ2) is 13.7. The van der Waals surface area contributed by atoms with Crippen molar-refractivity contribution in [3.8, 4) is 23.7 Å². The highest BCUT2D eigenvalue weighted by Gasteiger charge is 2.22. The summed E-state index contributed by atoms with van der Waals surface area (Å²) in [5.41, 5.74) is 3.32. The molecule has 218 valence electrons. The quantitative estimate of drug-likeness (QED) is 0.294. The lowest BCUT2D eigenvalue weighted by Crippen LogP contribution is -2.43. The summed E-state index contributed by atoms with van der Waals surface area (Å²) in [7, 11) is -0.261. The van der Waals surface area contributed by atoms with Crippen LogP contribution in [0.15, 0.2) is 47.4 Å². The zero-order chi connectivity index (χ0) is 29.4. The second-order valence-electron chi connectivity index (χ2n) is 10.1. The highest BCUT2D eigenvalue weighted by Crippen LogP contribution is 2.30. The van der Waals surface area contributed by atoms with Gasteiger partial charge in [-0.3, -0.25) is 0 Å². The zero-order valence-electron chi connectivity index (χ0n) is 23.7. The van der Waals surface area contributed by atoms with Crippen molar-refractivity contribution >= 4 is 32.1 Å². The number of benzene rings is 2. The van der Waals surface area contributed by atoms with Gasteiger partial charge >= 0.3 is 0 Å². The molecule has 1 aromatic heterocycles. The number of ether oxygens (including phenoxy) is 2. The first-order valence-corrected chi connectivity index (χ1v) is 15.4. The third-order valence-corrected chi connectivity index (χ3v) is 8.24. The molecule has 11 heteroatoms. The van der Waals surface area contributed by atoms with Crippen LogP contribution in [0.25, 0.3) is 10.9 Å². The Morgan fingerprint density at radius 2 is 1.93 bits per heavy atom. The molecule has 3 N–H and O–H groups in total. The molecule has 3 aromatic rings. The molecule has 1 aliphatic rings. The molecule has 0 spiro atoms. The Morgan fingerprint density at radius 3 is 2.61 bits per heavy atom. The number of hydrogen-bond acceptors (Lipinski definition) is 9. The third kappa shape index (κ3) is 7.72. The standard InChI is InChI=1S/C30H37N5O5S/c1-39-21-24(36)20-34-15-11-22(12-16-34)33-27-7-4-8-29-26(27)18-23(35(29)17-13-31)6-5-14-32-28-10-9-25(41(3,37)38)19-30(28)40-2/h4,7-10,18-19,22,24,32-33,36H,11-12,14-17,20-21H2,1-3H3. The van der Waals surface area contributed by atoms with Crippen molar-refractivity contribution in [2.24, 2.45) is 0 Å². The van der Waals surface area contributed by atoms with E-state index in [0.717, 1.165) is 54.5 Å². The van der Waals surface area contributed by atoms with Crippen molar-refractivity contribution in [3.05, 3.63) is 48.2 Å². The summed E-state index contributed by atoms with van der Waals surface area (Å²) in [6.07, 6.45) is 2.60. The number of nitriles is 1. The number of aromatic nitrogens is 1. The fourth-order valence-corrected chi connectivity index (χ4v) is 5.74. The minimum atomic E-state index is -3.34. The van der Waals surface area contributed by atoms with Gasteiger partial charge in [-0.05, 0) is 49.1 Å². The van der Waals surface area contributed by atoms with Crippen LogP contribution in [0, 0.1) is 23.2 Å². The molecule has 1 fully saturated rings. The maximum absolute atomic E-state index is 11.9. The lowest BCUT2D eigenvalue weighted by atomic mass is 10.0. The van der Waals surface area contributed by atoms with Crippen molar-refractivity contribution in [3.63, 3.8) is 0 Å². The highest BCUT2D eigenvalue weighted by atomic mass is 32.2. The van der Waals surface area contributed by atoms with Gasteiger partial charge in [-0.2, -0.15) is 5.26 Å². The Balaban J connectivity index is 1.47. The Morgan fingerprint density at radius 1 is 1.15 bits per heavy atom. The Hall–Kier alpha value is -3.74. The summed E-state index contributed by atoms with van der Waals surface area (Å²) in [5, 5.41) is 27.4. The van der Waals surface area contributed by atoms with Gasteiger partial charge in [0.1, 0.15) is 12.3 Å². The Labute approximate surface area is 241 Å². The zero-order valence-corrected chi connectivity index (χ0v) is 24.5. The third-order valence-electron chi connectivity index (χ3n) is 7.13. The van der Waals surface area contributed by atoms with Gasteiger partial charge in [0, 0.05) is 56.2 Å². The normalized spacial score (nSPS) is 15.1. The van der Waals surface area contributed by atoms with Crippen LogP contribution in [0.1, 0.15) is 18.5 Å². The summed E-state index contributed by atoms with van der Waals surface area (Å²) in [6.45, 7) is 3.22. The van der Waals surface area contributed by atoms with Gasteiger partial charge < -0.3 is 34.7 Å². The van der Waals surface area contributed by atoms with E-state index in [4.69, 9.17) is 9.47 Å². The number of nitrogens with zero attached hydrogens (tertiary/aromatic N) is 3. The second-order valence-corrected chi connectivity index (χ2v) is 12.1. The van der Waals surface area contributed by atoms with Crippen LogP contribution in [-0.4, -0.2) is 88.4 Å². The number of aliphatic hydroxyl groups excluding tert-OH is 1. The number of hydrogen-bond donors (Lipinski definition) is 3. The molecule has 0 radical (unpaired) electrons. The summed E-state index contributed by atoms with van der Waals surface area (Å²) >= 11 is 0. The molecule has 0 aliphatic carbocycles. The van der Waals surface area contributed by atoms with Gasteiger partial charge in [-0.25, -0.2) is 8.42 Å². The number of rotatable bonds is 11. The van der Waals surface area contributed by atoms with Crippen molar-refractivity contribution in [1.29, 1.82) is 5.26 Å². The topological polar surface area (TPSA) is 129 Å². The highest BCUT2D eigenvalue weighted by molar-refractivity contribution is 7.90. The first-order chi connectivity index (χ1) is 19.7. The van der Waals surface area contributed by atoms with E-state index >= 15 is 0 Å². The van der Waals surface area contributed by atoms with Crippen molar-refractivity contribution < 1.29 is 23.0 Å². The maximum atomic E-state index is 11.9. The fourth-order valence-electron chi connectivity index (χ4n) is 5.10. The molecule has 1 unspecified atom stereocenters. The average Bonchev–Trinajstić information content (AvgIpc) is 3.30. The average molecular weight is 580 g/mol. The lowest BCUT2D eigenvalue weighted by molar-refractivity contribution is 0.0327. The van der Waals surface area contributed by atoms with Gasteiger partial charge in [-0.15, -0.1) is 0 Å². The number of anilines is 2. The summed E-state index contributed by atoms with van der Waals surface area (Å²) in [5.74, 6) is 6.72. The number of aliphatic hydroxyl groups is 1. The molecule has 1 atom stereocenters. The predicted molar refractivity (Wildman–Crippen MR) is 160 cm³/mol. The fraction of sp³-hybridized carbons (Fsp3) is 0.433. The van der Waals surface area contributed by atoms with Crippen LogP contribution >= 0.6 is 0 Å². The molecule has 0 amide bonds. The number of β-amino-alcohol motifs (C(OH)–C–C–N with tert-alkyl or cyclic N) is 1. The smallest absolute Gasteiger partial charge is 0.175 e. The number of nitrogens with one attached hydrogen (secondary N) is 2. The Kier molecular flexibility index (Phi) is 10.1. The number of piperidine rings is 1. The van der Waals surface area contributed by atoms with Gasteiger partial charge in [0.25, 0.3) is 0 Å².